The monoisotopic (exact) mass is 1300 g/mol. The highest BCUT2D eigenvalue weighted by Crippen LogP contribution is 2.54. The summed E-state index contributed by atoms with van der Waals surface area (Å²) < 4.78 is 116. The molecule has 4 aliphatic rings. The molecule has 0 aromatic carbocycles. The van der Waals surface area contributed by atoms with Gasteiger partial charge < -0.3 is 81.0 Å². The Morgan fingerprint density at radius 3 is 1.76 bits per heavy atom. The van der Waals surface area contributed by atoms with Gasteiger partial charge in [0.1, 0.15) is 91.0 Å². The van der Waals surface area contributed by atoms with Crippen LogP contribution in [0.25, 0.3) is 22.3 Å². The van der Waals surface area contributed by atoms with Crippen LogP contribution in [0.4, 0.5) is 17.6 Å². The number of hydrogen-bond acceptors (Lipinski definition) is 32. The van der Waals surface area contributed by atoms with Crippen LogP contribution in [0.1, 0.15) is 36.9 Å². The van der Waals surface area contributed by atoms with Gasteiger partial charge in [-0.05, 0) is 13.0 Å². The molecule has 10 heterocycles. The van der Waals surface area contributed by atoms with Crippen LogP contribution in [0.15, 0.2) is 56.6 Å². The fourth-order valence-corrected chi connectivity index (χ4v) is 12.7. The third-order valence-electron chi connectivity index (χ3n) is 13.5. The minimum Gasteiger partial charge on any atom is -0.387 e. The lowest BCUT2D eigenvalue weighted by molar-refractivity contribution is -0.0641. The van der Waals surface area contributed by atoms with Crippen molar-refractivity contribution in [3.63, 3.8) is 0 Å². The molecule has 3 unspecified atom stereocenters. The number of nitrogens with two attached hydrogens (primary N) is 3. The highest BCUT2D eigenvalue weighted by atomic mass is 31.2. The number of aryl methyl sites for hydroxylation is 1. The molecular weight excluding hydrogens is 1250 g/mol. The van der Waals surface area contributed by atoms with Gasteiger partial charge >= 0.3 is 42.7 Å². The van der Waals surface area contributed by atoms with Gasteiger partial charge in [-0.15, -0.1) is 0 Å². The summed E-state index contributed by atoms with van der Waals surface area (Å²) >= 11 is 0. The SMILES string of the molecule is Cc1cn([C@H]2C[C@H](OP(=O)(O)OC[C@H]3O[C@@H](n4cnc5c(=O)[nH]c(N)nc54)[C@H](O)[C@@H]3OP(=O)(O)OC[C@H]3O[C@@H](n4cnc5c(N)ncnc54)[C@H](O)[C@@H]3OP(=O)(O)OC[C@H]3O[C@@H](n4ccc(N)nc4=O)[C@H](O)[C@@H]3O)[C@@H](COP(=O)(O)O)O2)c(=O)[nH]c1=O. The topological polar surface area (TPSA) is 627 Å². The van der Waals surface area contributed by atoms with Gasteiger partial charge in [0, 0.05) is 24.4 Å². The van der Waals surface area contributed by atoms with E-state index in [2.05, 4.69) is 39.4 Å². The molecule has 0 radical (unpaired) electrons. The Morgan fingerprint density at radius 1 is 0.605 bits per heavy atom. The minimum atomic E-state index is -5.76. The normalized spacial score (nSPS) is 30.9. The van der Waals surface area contributed by atoms with Crippen molar-refractivity contribution in [2.24, 2.45) is 0 Å². The smallest absolute Gasteiger partial charge is 0.387 e. The van der Waals surface area contributed by atoms with Crippen molar-refractivity contribution >= 4 is 71.2 Å². The summed E-state index contributed by atoms with van der Waals surface area (Å²) in [5.74, 6) is -0.766. The second-order valence-electron chi connectivity index (χ2n) is 19.3. The van der Waals surface area contributed by atoms with Gasteiger partial charge in [0.2, 0.25) is 5.95 Å². The first-order valence-electron chi connectivity index (χ1n) is 24.7. The van der Waals surface area contributed by atoms with E-state index in [0.29, 0.717) is 0 Å². The molecule has 0 amide bonds. The molecule has 10 rings (SSSR count). The molecule has 47 heteroatoms. The first kappa shape index (κ1) is 63.0. The van der Waals surface area contributed by atoms with Gasteiger partial charge in [0.15, 0.2) is 41.3 Å². The fourth-order valence-electron chi connectivity index (χ4n) is 9.50. The highest BCUT2D eigenvalue weighted by molar-refractivity contribution is 7.48. The molecule has 4 saturated heterocycles. The van der Waals surface area contributed by atoms with E-state index in [-0.39, 0.29) is 39.5 Å². The summed E-state index contributed by atoms with van der Waals surface area (Å²) in [7, 11) is -22.1. The number of aromatic amines is 2. The van der Waals surface area contributed by atoms with Gasteiger partial charge in [0.25, 0.3) is 11.1 Å². The number of nitrogens with one attached hydrogen (secondary N) is 2. The Labute approximate surface area is 475 Å². The zero-order valence-electron chi connectivity index (χ0n) is 43.4. The van der Waals surface area contributed by atoms with Crippen molar-refractivity contribution in [1.29, 1.82) is 0 Å². The van der Waals surface area contributed by atoms with E-state index >= 15 is 0 Å². The largest absolute Gasteiger partial charge is 0.472 e. The number of aromatic nitrogens is 12. The van der Waals surface area contributed by atoms with Crippen molar-refractivity contribution in [1.82, 2.24) is 58.1 Å². The molecule has 4 fully saturated rings. The van der Waals surface area contributed by atoms with Crippen LogP contribution in [-0.4, -0.2) is 197 Å². The van der Waals surface area contributed by atoms with Gasteiger partial charge in [-0.3, -0.25) is 69.5 Å². The molecule has 0 aliphatic carbocycles. The summed E-state index contributed by atoms with van der Waals surface area (Å²) in [6.45, 7) is -3.19. The number of rotatable bonds is 22. The molecule has 0 saturated carbocycles. The summed E-state index contributed by atoms with van der Waals surface area (Å²) in [5.41, 5.74) is 12.8. The molecular formula is C39H51N15O28P4. The molecule has 18 atom stereocenters. The van der Waals surface area contributed by atoms with Crippen LogP contribution in [0.3, 0.4) is 0 Å². The first-order chi connectivity index (χ1) is 40.4. The number of H-pyrrole nitrogens is 2. The van der Waals surface area contributed by atoms with Gasteiger partial charge in [0.05, 0.1) is 39.1 Å². The van der Waals surface area contributed by atoms with E-state index < -0.39 is 185 Å². The molecule has 6 aromatic heterocycles. The zero-order valence-corrected chi connectivity index (χ0v) is 47.0. The average Bonchev–Trinajstić information content (AvgIpc) is 2.02. The first-order valence-corrected chi connectivity index (χ1v) is 30.7. The maximum absolute atomic E-state index is 14.1. The Bertz CT molecular complexity index is 3970. The number of nitrogen functional groups attached to an aromatic ring is 3. The standard InChI is InChI=1S/C39H51N15O28P4/c1-13-5-52(39(62)50-32(13)59)20-4-14(15(76-20)6-72-83(63,64)65)80-84(66,67)74-8-17-28(26(58)36(79-17)54-12-46-22-31(54)48-37(42)49-33(22)60)82-86(70,71)75-9-18-27(25(57)35(78-18)53-11-45-21-29(41)43-10-44-30(21)53)81-85(68,69)73-7-16-23(55)24(56)34(77-16)51-3-2-19(40)47-38(51)61/h2-3,5,10-12,14-18,20,23-28,34-36,55-58H,4,6-9H2,1H3,(H,66,67)(H,68,69)(H,70,71)(H2,40,47,61)(H2,41,43,44)(H,50,59,62)(H2,63,64,65)(H3,42,48,49,60)/t14-,15+,16+,17+,18+,20+,23+,24+,25+,26+,27+,28+,34+,35+,36+/m0/s1. The number of phosphoric ester groups is 4. The average molecular weight is 1300 g/mol. The van der Waals surface area contributed by atoms with Gasteiger partial charge in [-0.25, -0.2) is 47.8 Å². The quantitative estimate of drug-likeness (QED) is 0.0283. The number of anilines is 3. The molecule has 17 N–H and O–H groups in total. The van der Waals surface area contributed by atoms with Crippen LogP contribution >= 0.6 is 31.3 Å². The lowest BCUT2D eigenvalue weighted by atomic mass is 10.1. The number of hydrogen-bond donors (Lipinski definition) is 14. The summed E-state index contributed by atoms with van der Waals surface area (Å²) in [6.07, 6.45) is -23.1. The van der Waals surface area contributed by atoms with Crippen molar-refractivity contribution < 1.29 is 114 Å². The Hall–Kier alpha value is -6.02. The third kappa shape index (κ3) is 13.4. The van der Waals surface area contributed by atoms with E-state index in [0.717, 1.165) is 49.6 Å². The van der Waals surface area contributed by atoms with Crippen molar-refractivity contribution in [2.45, 2.75) is 105 Å². The van der Waals surface area contributed by atoms with E-state index in [1.165, 1.54) is 13.0 Å². The summed E-state index contributed by atoms with van der Waals surface area (Å²) in [5, 5.41) is 45.0. The second kappa shape index (κ2) is 24.2. The highest BCUT2D eigenvalue weighted by Gasteiger charge is 2.54. The van der Waals surface area contributed by atoms with E-state index in [4.69, 9.17) is 63.3 Å². The van der Waals surface area contributed by atoms with E-state index in [1.807, 2.05) is 4.98 Å². The second-order valence-corrected chi connectivity index (χ2v) is 24.7. The molecule has 4 aliphatic heterocycles. The summed E-state index contributed by atoms with van der Waals surface area (Å²) in [4.78, 5) is 130. The van der Waals surface area contributed by atoms with Crippen LogP contribution in [0.2, 0.25) is 0 Å². The number of nitrogens with zero attached hydrogens (tertiary/aromatic N) is 10. The fraction of sp³-hybridized carbons (Fsp3) is 0.538. The van der Waals surface area contributed by atoms with Gasteiger partial charge in [-0.2, -0.15) is 9.97 Å². The Morgan fingerprint density at radius 2 is 1.15 bits per heavy atom. The molecule has 86 heavy (non-hydrogen) atoms. The van der Waals surface area contributed by atoms with Crippen LogP contribution in [-0.2, 0) is 68.9 Å². The number of aliphatic hydroxyl groups excluding tert-OH is 4. The van der Waals surface area contributed by atoms with Crippen molar-refractivity contribution in [3.8, 4) is 0 Å². The van der Waals surface area contributed by atoms with Crippen molar-refractivity contribution in [3.05, 3.63) is 84.7 Å². The molecule has 6 aromatic rings. The Kier molecular flexibility index (Phi) is 17.7. The van der Waals surface area contributed by atoms with Crippen molar-refractivity contribution in [2.75, 3.05) is 43.6 Å². The Balaban J connectivity index is 0.879. The van der Waals surface area contributed by atoms with Gasteiger partial charge in [-0.1, -0.05) is 0 Å². The van der Waals surface area contributed by atoms with Crippen LogP contribution < -0.4 is 39.7 Å². The maximum Gasteiger partial charge on any atom is 0.472 e. The lowest BCUT2D eigenvalue weighted by Crippen LogP contribution is -2.38. The zero-order chi connectivity index (χ0) is 62.1. The molecule has 43 nitrogen and oxygen atoms in total. The number of imidazole rings is 2. The summed E-state index contributed by atoms with van der Waals surface area (Å²) in [6, 6.07) is 1.18. The lowest BCUT2D eigenvalue weighted by Gasteiger charge is -2.26. The maximum atomic E-state index is 14.1. The van der Waals surface area contributed by atoms with E-state index in [1.54, 1.807) is 0 Å². The van der Waals surface area contributed by atoms with Crippen LogP contribution in [0.5, 0.6) is 0 Å². The van der Waals surface area contributed by atoms with E-state index in [9.17, 15) is 82.3 Å². The minimum absolute atomic E-state index is 0.0137. The molecule has 470 valence electrons. The van der Waals surface area contributed by atoms with Crippen LogP contribution in [0, 0.1) is 6.92 Å². The molecule has 0 spiro atoms. The third-order valence-corrected chi connectivity index (χ3v) is 17.0. The predicted octanol–water partition coefficient (Wildman–Crippen LogP) is -5.14. The number of fused-ring (bicyclic) bond motifs is 2. The number of ether oxygens (including phenoxy) is 4. The predicted molar refractivity (Wildman–Crippen MR) is 275 cm³/mol. The molecule has 0 bridgehead atoms. The number of aliphatic hydroxyl groups is 4. The number of phosphoric acid groups is 4.